The molecule has 36 heavy (non-hydrogen) atoms. The number of carboxylic acids is 1. The molecule has 0 saturated carbocycles. The Labute approximate surface area is 211 Å². The van der Waals surface area contributed by atoms with Gasteiger partial charge in [-0.25, -0.2) is 9.97 Å². The number of rotatable bonds is 8. The summed E-state index contributed by atoms with van der Waals surface area (Å²) in [6.45, 7) is 1.77. The molecule has 1 aromatic carbocycles. The highest BCUT2D eigenvalue weighted by molar-refractivity contribution is 7.20. The molecule has 5 N–H and O–H groups in total. The molecule has 4 aromatic rings. The first-order valence-electron chi connectivity index (χ1n) is 10.5. The molecule has 0 aliphatic heterocycles. The minimum Gasteiger partial charge on any atom is -0.480 e. The predicted octanol–water partition coefficient (Wildman–Crippen LogP) is 4.86. The number of nitrogens with zero attached hydrogens (tertiary/aromatic N) is 3. The largest absolute Gasteiger partial charge is 0.480 e. The number of hydrogen-bond donors (Lipinski definition) is 3. The number of anilines is 1. The van der Waals surface area contributed by atoms with Crippen LogP contribution in [-0.4, -0.2) is 38.2 Å². The Hall–Kier alpha value is -3.55. The average molecular weight is 536 g/mol. The first-order chi connectivity index (χ1) is 17.0. The summed E-state index contributed by atoms with van der Waals surface area (Å²) in [6, 6.07) is 8.16. The molecule has 3 heterocycles. The minimum absolute atomic E-state index is 0.0697. The van der Waals surface area contributed by atoms with Crippen LogP contribution in [0.5, 0.6) is 5.88 Å². The van der Waals surface area contributed by atoms with Gasteiger partial charge in [0.2, 0.25) is 17.9 Å². The predicted molar refractivity (Wildman–Crippen MR) is 131 cm³/mol. The number of hydrogen-bond acceptors (Lipinski definition) is 9. The number of carbonyl (C=O) groups is 1. The van der Waals surface area contributed by atoms with E-state index in [1.165, 1.54) is 23.5 Å². The van der Waals surface area contributed by atoms with Gasteiger partial charge in [0.15, 0.2) is 0 Å². The molecule has 3 aromatic heterocycles. The Bertz CT molecular complexity index is 1370. The van der Waals surface area contributed by atoms with Gasteiger partial charge < -0.3 is 21.3 Å². The fourth-order valence-corrected chi connectivity index (χ4v) is 5.24. The number of ether oxygens (including phenoxy) is 1. The monoisotopic (exact) mass is 535 g/mol. The summed E-state index contributed by atoms with van der Waals surface area (Å²) < 4.78 is 47.8. The van der Waals surface area contributed by atoms with Gasteiger partial charge in [-0.3, -0.25) is 4.79 Å². The fraction of sp³-hybridized carbons (Fsp3) is 0.217. The van der Waals surface area contributed by atoms with Crippen molar-refractivity contribution in [2.75, 3.05) is 5.73 Å². The SMILES string of the molecule is Cc1csc(-c2sccc2C(Oc2cc(-c3ccc(C[C@H](N)C(=O)O)cc3)nc(N)n2)C(F)(F)F)n1. The quantitative estimate of drug-likeness (QED) is 0.291. The summed E-state index contributed by atoms with van der Waals surface area (Å²) in [5.74, 6) is -1.73. The maximum absolute atomic E-state index is 14.1. The van der Waals surface area contributed by atoms with E-state index >= 15 is 0 Å². The van der Waals surface area contributed by atoms with Crippen LogP contribution < -0.4 is 16.2 Å². The van der Waals surface area contributed by atoms with E-state index in [1.807, 2.05) is 0 Å². The molecule has 0 spiro atoms. The first kappa shape index (κ1) is 25.5. The van der Waals surface area contributed by atoms with Crippen molar-refractivity contribution < 1.29 is 27.8 Å². The number of carboxylic acid groups (broad SMARTS) is 1. The van der Waals surface area contributed by atoms with Gasteiger partial charge in [0, 0.05) is 28.3 Å². The molecule has 13 heteroatoms. The first-order valence-corrected chi connectivity index (χ1v) is 12.2. The molecular weight excluding hydrogens is 515 g/mol. The molecule has 188 valence electrons. The summed E-state index contributed by atoms with van der Waals surface area (Å²) in [4.78, 5) is 23.6. The van der Waals surface area contributed by atoms with Crippen LogP contribution in [0.2, 0.25) is 0 Å². The number of nitrogens with two attached hydrogens (primary N) is 2. The van der Waals surface area contributed by atoms with Gasteiger partial charge in [-0.1, -0.05) is 24.3 Å². The van der Waals surface area contributed by atoms with E-state index in [1.54, 1.807) is 41.9 Å². The molecule has 0 fully saturated rings. The van der Waals surface area contributed by atoms with E-state index in [9.17, 15) is 18.0 Å². The third-order valence-corrected chi connectivity index (χ3v) is 7.11. The molecule has 0 saturated heterocycles. The van der Waals surface area contributed by atoms with Crippen molar-refractivity contribution in [3.8, 4) is 27.0 Å². The third-order valence-electron chi connectivity index (χ3n) is 5.07. The van der Waals surface area contributed by atoms with Gasteiger partial charge in [0.05, 0.1) is 10.6 Å². The average Bonchev–Trinajstić information content (AvgIpc) is 3.45. The Morgan fingerprint density at radius 2 is 1.86 bits per heavy atom. The molecule has 4 rings (SSSR count). The van der Waals surface area contributed by atoms with E-state index in [2.05, 4.69) is 15.0 Å². The number of nitrogen functional groups attached to an aromatic ring is 1. The Balaban J connectivity index is 1.63. The molecule has 0 amide bonds. The van der Waals surface area contributed by atoms with Gasteiger partial charge in [0.1, 0.15) is 11.0 Å². The van der Waals surface area contributed by atoms with Crippen LogP contribution >= 0.6 is 22.7 Å². The van der Waals surface area contributed by atoms with Crippen LogP contribution in [0.3, 0.4) is 0 Å². The lowest BCUT2D eigenvalue weighted by Gasteiger charge is -2.22. The molecule has 0 radical (unpaired) electrons. The van der Waals surface area contributed by atoms with Crippen molar-refractivity contribution in [3.63, 3.8) is 0 Å². The Morgan fingerprint density at radius 1 is 1.14 bits per heavy atom. The highest BCUT2D eigenvalue weighted by Crippen LogP contribution is 2.44. The highest BCUT2D eigenvalue weighted by Gasteiger charge is 2.45. The number of halogens is 3. The molecule has 2 atom stereocenters. The van der Waals surface area contributed by atoms with Gasteiger partial charge in [-0.15, -0.1) is 22.7 Å². The van der Waals surface area contributed by atoms with Crippen molar-refractivity contribution in [1.29, 1.82) is 0 Å². The third kappa shape index (κ3) is 5.80. The zero-order valence-electron chi connectivity index (χ0n) is 18.7. The summed E-state index contributed by atoms with van der Waals surface area (Å²) in [6.07, 6.45) is -6.93. The lowest BCUT2D eigenvalue weighted by atomic mass is 10.0. The van der Waals surface area contributed by atoms with Crippen LogP contribution in [0, 0.1) is 6.92 Å². The van der Waals surface area contributed by atoms with Crippen molar-refractivity contribution >= 4 is 34.6 Å². The number of thiazole rings is 1. The van der Waals surface area contributed by atoms with E-state index in [4.69, 9.17) is 21.3 Å². The molecule has 8 nitrogen and oxygen atoms in total. The number of alkyl halides is 3. The van der Waals surface area contributed by atoms with Crippen LogP contribution in [-0.2, 0) is 11.2 Å². The summed E-state index contributed by atoms with van der Waals surface area (Å²) in [5, 5.41) is 12.8. The maximum Gasteiger partial charge on any atom is 0.429 e. The molecule has 0 aliphatic carbocycles. The van der Waals surface area contributed by atoms with Crippen molar-refractivity contribution in [2.45, 2.75) is 31.7 Å². The van der Waals surface area contributed by atoms with Crippen molar-refractivity contribution in [1.82, 2.24) is 15.0 Å². The van der Waals surface area contributed by atoms with E-state index in [0.717, 1.165) is 11.3 Å². The van der Waals surface area contributed by atoms with E-state index in [-0.39, 0.29) is 29.5 Å². The van der Waals surface area contributed by atoms with Crippen molar-refractivity contribution in [3.05, 3.63) is 64.0 Å². The number of aromatic nitrogens is 3. The minimum atomic E-state index is -4.74. The van der Waals surface area contributed by atoms with Gasteiger partial charge >= 0.3 is 12.1 Å². The van der Waals surface area contributed by atoms with Gasteiger partial charge in [-0.05, 0) is 30.4 Å². The van der Waals surface area contributed by atoms with Crippen molar-refractivity contribution in [2.24, 2.45) is 5.73 Å². The van der Waals surface area contributed by atoms with Crippen LogP contribution in [0.4, 0.5) is 19.1 Å². The highest BCUT2D eigenvalue weighted by atomic mass is 32.1. The zero-order valence-corrected chi connectivity index (χ0v) is 20.3. The van der Waals surface area contributed by atoms with Crippen LogP contribution in [0.15, 0.2) is 47.2 Å². The zero-order chi connectivity index (χ0) is 26.0. The van der Waals surface area contributed by atoms with E-state index in [0.29, 0.717) is 26.7 Å². The van der Waals surface area contributed by atoms with Crippen LogP contribution in [0.25, 0.3) is 21.1 Å². The van der Waals surface area contributed by atoms with Gasteiger partial charge in [-0.2, -0.15) is 18.2 Å². The van der Waals surface area contributed by atoms with Crippen LogP contribution in [0.1, 0.15) is 22.9 Å². The number of thiophene rings is 1. The number of benzene rings is 1. The second kappa shape index (κ2) is 10.2. The summed E-state index contributed by atoms with van der Waals surface area (Å²) >= 11 is 2.40. The fourth-order valence-electron chi connectivity index (χ4n) is 3.39. The second-order valence-electron chi connectivity index (χ2n) is 7.83. The topological polar surface area (TPSA) is 137 Å². The summed E-state index contributed by atoms with van der Waals surface area (Å²) in [7, 11) is 0. The molecule has 0 aliphatic rings. The Morgan fingerprint density at radius 3 is 2.47 bits per heavy atom. The normalized spacial score (nSPS) is 13.4. The molecule has 0 bridgehead atoms. The van der Waals surface area contributed by atoms with Gasteiger partial charge in [0.25, 0.3) is 0 Å². The number of aliphatic carboxylic acids is 1. The molecular formula is C23H20F3N5O3S2. The lowest BCUT2D eigenvalue weighted by Crippen LogP contribution is -2.32. The molecule has 1 unspecified atom stereocenters. The Kier molecular flexibility index (Phi) is 7.24. The second-order valence-corrected chi connectivity index (χ2v) is 9.61. The smallest absolute Gasteiger partial charge is 0.429 e. The lowest BCUT2D eigenvalue weighted by molar-refractivity contribution is -0.198. The number of aryl methyl sites for hydroxylation is 1. The maximum atomic E-state index is 14.1. The summed E-state index contributed by atoms with van der Waals surface area (Å²) in [5.41, 5.74) is 13.4. The standard InChI is InChI=1S/C23H20F3N5O3S2/c1-11-10-36-20(29-11)18-14(6-7-35-18)19(23(24,25)26)34-17-9-16(30-22(28)31-17)13-4-2-12(3-5-13)8-15(27)21(32)33/h2-7,9-10,15,19H,8,27H2,1H3,(H,32,33)(H2,28,30,31)/t15-,19?/m0/s1. The van der Waals surface area contributed by atoms with E-state index < -0.39 is 24.3 Å².